The second kappa shape index (κ2) is 8.54. The van der Waals surface area contributed by atoms with Crippen molar-refractivity contribution in [1.82, 2.24) is 4.90 Å². The fraction of sp³-hybridized carbons (Fsp3) is 0.500. The summed E-state index contributed by atoms with van der Waals surface area (Å²) < 4.78 is 12.7. The average molecular weight is 424 g/mol. The maximum absolute atomic E-state index is 11.3. The topological polar surface area (TPSA) is 59.0 Å². The summed E-state index contributed by atoms with van der Waals surface area (Å²) in [5.41, 5.74) is 2.19. The van der Waals surface area contributed by atoms with Crippen LogP contribution in [0.4, 0.5) is 4.79 Å². The van der Waals surface area contributed by atoms with E-state index >= 15 is 0 Å². The predicted molar refractivity (Wildman–Crippen MR) is 120 cm³/mol. The van der Waals surface area contributed by atoms with Gasteiger partial charge in [-0.2, -0.15) is 0 Å². The van der Waals surface area contributed by atoms with Crippen LogP contribution in [0.25, 0.3) is 0 Å². The molecule has 2 aliphatic rings. The molecule has 0 radical (unpaired) electrons. The number of likely N-dealkylation sites (tertiary alicyclic amines) is 1. The summed E-state index contributed by atoms with van der Waals surface area (Å²) in [6.45, 7) is 8.34. The van der Waals surface area contributed by atoms with Gasteiger partial charge in [-0.05, 0) is 47.9 Å². The average Bonchev–Trinajstić information content (AvgIpc) is 3.13. The van der Waals surface area contributed by atoms with E-state index in [2.05, 4.69) is 57.2 Å². The minimum Gasteiger partial charge on any atom is -0.489 e. The van der Waals surface area contributed by atoms with Crippen LogP contribution in [0, 0.1) is 5.41 Å². The highest BCUT2D eigenvalue weighted by Gasteiger charge is 2.51. The second-order valence-electron chi connectivity index (χ2n) is 10.0. The summed E-state index contributed by atoms with van der Waals surface area (Å²) in [5.74, 6) is 1.16. The van der Waals surface area contributed by atoms with Gasteiger partial charge in [0.15, 0.2) is 0 Å². The number of hydrogen-bond acceptors (Lipinski definition) is 3. The number of rotatable bonds is 4. The summed E-state index contributed by atoms with van der Waals surface area (Å²) in [4.78, 5) is 12.8. The molecule has 1 N–H and O–H groups in total. The van der Waals surface area contributed by atoms with Crippen molar-refractivity contribution in [3.05, 3.63) is 65.7 Å². The Morgan fingerprint density at radius 1 is 1.10 bits per heavy atom. The molecule has 0 bridgehead atoms. The fourth-order valence-electron chi connectivity index (χ4n) is 4.96. The third-order valence-electron chi connectivity index (χ3n) is 6.69. The van der Waals surface area contributed by atoms with Crippen LogP contribution in [0.15, 0.2) is 54.6 Å². The standard InChI is InChI=1S/C26H33NO4/c1-25(2,3)23-22(17-26(31-23)13-15-27(16-14-26)24(28)29)20-9-11-21(12-10-20)30-18-19-7-5-4-6-8-19/h4-12,22-23H,13-18H2,1-3H3,(H,28,29). The second-order valence-corrected chi connectivity index (χ2v) is 10.0. The Kier molecular flexibility index (Phi) is 5.98. The van der Waals surface area contributed by atoms with E-state index < -0.39 is 6.09 Å². The Bertz CT molecular complexity index is 880. The Morgan fingerprint density at radius 3 is 2.32 bits per heavy atom. The molecule has 2 aliphatic heterocycles. The lowest BCUT2D eigenvalue weighted by atomic mass is 9.75. The number of nitrogens with zero attached hydrogens (tertiary/aromatic N) is 1. The molecule has 2 atom stereocenters. The van der Waals surface area contributed by atoms with Gasteiger partial charge in [0.05, 0.1) is 11.7 Å². The van der Waals surface area contributed by atoms with Crippen molar-refractivity contribution >= 4 is 6.09 Å². The van der Waals surface area contributed by atoms with Crippen molar-refractivity contribution in [2.45, 2.75) is 64.3 Å². The first-order valence-corrected chi connectivity index (χ1v) is 11.2. The highest BCUT2D eigenvalue weighted by Crippen LogP contribution is 2.51. The van der Waals surface area contributed by atoms with E-state index in [0.29, 0.717) is 25.6 Å². The van der Waals surface area contributed by atoms with E-state index in [1.54, 1.807) is 0 Å². The van der Waals surface area contributed by atoms with Crippen LogP contribution >= 0.6 is 0 Å². The molecule has 5 heteroatoms. The smallest absolute Gasteiger partial charge is 0.407 e. The number of piperidine rings is 1. The molecule has 0 aliphatic carbocycles. The third-order valence-corrected chi connectivity index (χ3v) is 6.69. The normalized spacial score (nSPS) is 23.1. The maximum Gasteiger partial charge on any atom is 0.407 e. The largest absolute Gasteiger partial charge is 0.489 e. The molecule has 1 amide bonds. The van der Waals surface area contributed by atoms with Gasteiger partial charge in [0.2, 0.25) is 0 Å². The number of ether oxygens (including phenoxy) is 2. The predicted octanol–water partition coefficient (Wildman–Crippen LogP) is 5.70. The molecule has 166 valence electrons. The van der Waals surface area contributed by atoms with Gasteiger partial charge in [-0.15, -0.1) is 0 Å². The van der Waals surface area contributed by atoms with Crippen molar-refractivity contribution in [2.24, 2.45) is 5.41 Å². The van der Waals surface area contributed by atoms with E-state index in [1.807, 2.05) is 18.2 Å². The lowest BCUT2D eigenvalue weighted by molar-refractivity contribution is -0.105. The molecular formula is C26H33NO4. The first-order chi connectivity index (χ1) is 14.8. The van der Waals surface area contributed by atoms with Crippen LogP contribution in [-0.4, -0.2) is 40.9 Å². The highest BCUT2D eigenvalue weighted by atomic mass is 16.5. The number of hydrogen-bond donors (Lipinski definition) is 1. The molecule has 2 saturated heterocycles. The van der Waals surface area contributed by atoms with Crippen molar-refractivity contribution < 1.29 is 19.4 Å². The monoisotopic (exact) mass is 423 g/mol. The Hall–Kier alpha value is -2.53. The van der Waals surface area contributed by atoms with Crippen LogP contribution in [0.3, 0.4) is 0 Å². The Balaban J connectivity index is 1.47. The quantitative estimate of drug-likeness (QED) is 0.686. The van der Waals surface area contributed by atoms with Crippen molar-refractivity contribution in [1.29, 1.82) is 0 Å². The first-order valence-electron chi connectivity index (χ1n) is 11.2. The molecule has 2 heterocycles. The molecule has 2 fully saturated rings. The van der Waals surface area contributed by atoms with Crippen LogP contribution in [0.2, 0.25) is 0 Å². The summed E-state index contributed by atoms with van der Waals surface area (Å²) in [7, 11) is 0. The van der Waals surface area contributed by atoms with Crippen LogP contribution in [-0.2, 0) is 11.3 Å². The number of carboxylic acid groups (broad SMARTS) is 1. The van der Waals surface area contributed by atoms with Gasteiger partial charge in [-0.25, -0.2) is 4.79 Å². The lowest BCUT2D eigenvalue weighted by Crippen LogP contribution is -2.46. The van der Waals surface area contributed by atoms with Crippen LogP contribution < -0.4 is 4.74 Å². The zero-order valence-electron chi connectivity index (χ0n) is 18.7. The van der Waals surface area contributed by atoms with Gasteiger partial charge in [0, 0.05) is 19.0 Å². The molecule has 0 saturated carbocycles. The van der Waals surface area contributed by atoms with Gasteiger partial charge in [-0.1, -0.05) is 63.2 Å². The highest BCUT2D eigenvalue weighted by molar-refractivity contribution is 5.65. The zero-order valence-corrected chi connectivity index (χ0v) is 18.7. The molecule has 2 unspecified atom stereocenters. The van der Waals surface area contributed by atoms with E-state index in [0.717, 1.165) is 30.6 Å². The fourth-order valence-corrected chi connectivity index (χ4v) is 4.96. The third kappa shape index (κ3) is 4.87. The summed E-state index contributed by atoms with van der Waals surface area (Å²) in [5, 5.41) is 9.30. The van der Waals surface area contributed by atoms with Crippen LogP contribution in [0.1, 0.15) is 57.1 Å². The lowest BCUT2D eigenvalue weighted by Gasteiger charge is -2.39. The van der Waals surface area contributed by atoms with Crippen molar-refractivity contribution in [2.75, 3.05) is 13.1 Å². The van der Waals surface area contributed by atoms with E-state index in [9.17, 15) is 9.90 Å². The Labute approximate surface area is 185 Å². The summed E-state index contributed by atoms with van der Waals surface area (Å²) in [6.07, 6.45) is 1.73. The van der Waals surface area contributed by atoms with Crippen LogP contribution in [0.5, 0.6) is 5.75 Å². The summed E-state index contributed by atoms with van der Waals surface area (Å²) >= 11 is 0. The molecule has 5 nitrogen and oxygen atoms in total. The number of benzene rings is 2. The van der Waals surface area contributed by atoms with Gasteiger partial charge in [0.1, 0.15) is 12.4 Å². The van der Waals surface area contributed by atoms with Gasteiger partial charge in [0.25, 0.3) is 0 Å². The molecule has 2 aromatic rings. The summed E-state index contributed by atoms with van der Waals surface area (Å²) in [6, 6.07) is 18.6. The molecule has 0 aromatic heterocycles. The van der Waals surface area contributed by atoms with E-state index in [4.69, 9.17) is 9.47 Å². The number of amides is 1. The van der Waals surface area contributed by atoms with Crippen molar-refractivity contribution in [3.63, 3.8) is 0 Å². The molecule has 31 heavy (non-hydrogen) atoms. The molecular weight excluding hydrogens is 390 g/mol. The first kappa shape index (κ1) is 21.7. The van der Waals surface area contributed by atoms with E-state index in [-0.39, 0.29) is 17.1 Å². The minimum absolute atomic E-state index is 0.000575. The zero-order chi connectivity index (χ0) is 22.1. The van der Waals surface area contributed by atoms with Gasteiger partial charge < -0.3 is 19.5 Å². The molecule has 4 rings (SSSR count). The molecule has 1 spiro atoms. The van der Waals surface area contributed by atoms with Gasteiger partial charge in [-0.3, -0.25) is 0 Å². The maximum atomic E-state index is 11.3. The minimum atomic E-state index is -0.831. The number of carbonyl (C=O) groups is 1. The molecule has 2 aromatic carbocycles. The SMILES string of the molecule is CC(C)(C)C1OC2(CCN(C(=O)O)CC2)CC1c1ccc(OCc2ccccc2)cc1. The van der Waals surface area contributed by atoms with Crippen molar-refractivity contribution in [3.8, 4) is 5.75 Å². The van der Waals surface area contributed by atoms with Gasteiger partial charge >= 0.3 is 6.09 Å². The van der Waals surface area contributed by atoms with E-state index in [1.165, 1.54) is 10.5 Å². The Morgan fingerprint density at radius 2 is 1.74 bits per heavy atom.